The third kappa shape index (κ3) is 5.15. The number of carbonyl (C=O) groups excluding carboxylic acids is 2. The lowest BCUT2D eigenvalue weighted by molar-refractivity contribution is 0.0981. The third-order valence-corrected chi connectivity index (χ3v) is 4.37. The minimum absolute atomic E-state index is 0.174. The SMILES string of the molecule is CCOC(=O)N1CCC(Nc2ccc(NC(=O)c3cccc(F)c3)nn2)CC1. The minimum atomic E-state index is -0.479. The molecule has 1 aliphatic heterocycles. The van der Waals surface area contributed by atoms with Gasteiger partial charge in [-0.1, -0.05) is 6.07 Å². The summed E-state index contributed by atoms with van der Waals surface area (Å²) < 4.78 is 18.2. The van der Waals surface area contributed by atoms with Crippen molar-refractivity contribution in [2.24, 2.45) is 0 Å². The predicted octanol–water partition coefficient (Wildman–Crippen LogP) is 2.90. The van der Waals surface area contributed by atoms with E-state index in [1.54, 1.807) is 24.0 Å². The van der Waals surface area contributed by atoms with Crippen LogP contribution < -0.4 is 10.6 Å². The number of hydrogen-bond donors (Lipinski definition) is 2. The van der Waals surface area contributed by atoms with Crippen LogP contribution in [-0.4, -0.2) is 52.8 Å². The Morgan fingerprint density at radius 1 is 1.18 bits per heavy atom. The van der Waals surface area contributed by atoms with Gasteiger partial charge in [-0.15, -0.1) is 10.2 Å². The van der Waals surface area contributed by atoms with Gasteiger partial charge in [-0.3, -0.25) is 4.79 Å². The Balaban J connectivity index is 1.50. The number of nitrogens with one attached hydrogen (secondary N) is 2. The van der Waals surface area contributed by atoms with Gasteiger partial charge in [-0.05, 0) is 50.1 Å². The number of rotatable bonds is 5. The smallest absolute Gasteiger partial charge is 0.409 e. The number of nitrogens with zero attached hydrogens (tertiary/aromatic N) is 3. The summed E-state index contributed by atoms with van der Waals surface area (Å²) in [6.07, 6.45) is 1.27. The van der Waals surface area contributed by atoms with Gasteiger partial charge in [0.1, 0.15) is 11.6 Å². The first-order valence-electron chi connectivity index (χ1n) is 9.14. The molecule has 28 heavy (non-hydrogen) atoms. The zero-order valence-corrected chi connectivity index (χ0v) is 15.5. The van der Waals surface area contributed by atoms with E-state index in [-0.39, 0.29) is 23.5 Å². The van der Waals surface area contributed by atoms with Gasteiger partial charge in [-0.25, -0.2) is 9.18 Å². The zero-order chi connectivity index (χ0) is 19.9. The van der Waals surface area contributed by atoms with Crippen LogP contribution in [0.1, 0.15) is 30.1 Å². The van der Waals surface area contributed by atoms with E-state index in [0.29, 0.717) is 25.5 Å². The van der Waals surface area contributed by atoms with Crippen LogP contribution in [0, 0.1) is 5.82 Å². The molecule has 0 bridgehead atoms. The maximum absolute atomic E-state index is 13.2. The molecule has 0 spiro atoms. The van der Waals surface area contributed by atoms with E-state index in [1.807, 2.05) is 0 Å². The number of benzene rings is 1. The van der Waals surface area contributed by atoms with Gasteiger partial charge in [0.05, 0.1) is 6.61 Å². The molecular weight excluding hydrogens is 365 g/mol. The van der Waals surface area contributed by atoms with Crippen LogP contribution in [-0.2, 0) is 4.74 Å². The fraction of sp³-hybridized carbons (Fsp3) is 0.368. The highest BCUT2D eigenvalue weighted by atomic mass is 19.1. The zero-order valence-electron chi connectivity index (χ0n) is 15.5. The lowest BCUT2D eigenvalue weighted by Crippen LogP contribution is -2.42. The van der Waals surface area contributed by atoms with E-state index in [1.165, 1.54) is 18.2 Å². The van der Waals surface area contributed by atoms with E-state index in [9.17, 15) is 14.0 Å². The molecule has 0 unspecified atom stereocenters. The Kier molecular flexibility index (Phi) is 6.36. The van der Waals surface area contributed by atoms with Crippen molar-refractivity contribution in [3.63, 3.8) is 0 Å². The Morgan fingerprint density at radius 3 is 2.54 bits per heavy atom. The highest BCUT2D eigenvalue weighted by Crippen LogP contribution is 2.16. The standard InChI is InChI=1S/C19H22FN5O3/c1-2-28-19(27)25-10-8-15(9-11-25)21-16-6-7-17(24-23-16)22-18(26)13-4-3-5-14(20)12-13/h3-7,12,15H,2,8-11H2,1H3,(H,21,23)(H,22,24,26). The molecule has 1 aromatic carbocycles. The molecule has 1 aliphatic rings. The van der Waals surface area contributed by atoms with Crippen molar-refractivity contribution in [2.75, 3.05) is 30.3 Å². The van der Waals surface area contributed by atoms with E-state index in [0.717, 1.165) is 18.9 Å². The highest BCUT2D eigenvalue weighted by molar-refractivity contribution is 6.03. The molecule has 2 N–H and O–H groups in total. The van der Waals surface area contributed by atoms with Crippen molar-refractivity contribution in [3.05, 3.63) is 47.8 Å². The van der Waals surface area contributed by atoms with Gasteiger partial charge in [-0.2, -0.15) is 0 Å². The summed E-state index contributed by atoms with van der Waals surface area (Å²) in [5.74, 6) is -0.0802. The Morgan fingerprint density at radius 2 is 1.89 bits per heavy atom. The van der Waals surface area contributed by atoms with Gasteiger partial charge < -0.3 is 20.3 Å². The van der Waals surface area contributed by atoms with Crippen molar-refractivity contribution in [3.8, 4) is 0 Å². The van der Waals surface area contributed by atoms with E-state index >= 15 is 0 Å². The Hall–Kier alpha value is -3.23. The lowest BCUT2D eigenvalue weighted by Gasteiger charge is -2.31. The summed E-state index contributed by atoms with van der Waals surface area (Å²) in [6, 6.07) is 8.93. The second-order valence-corrected chi connectivity index (χ2v) is 6.37. The van der Waals surface area contributed by atoms with Crippen LogP contribution in [0.3, 0.4) is 0 Å². The number of ether oxygens (including phenoxy) is 1. The maximum atomic E-state index is 13.2. The fourth-order valence-electron chi connectivity index (χ4n) is 2.92. The van der Waals surface area contributed by atoms with Gasteiger partial charge in [0.2, 0.25) is 0 Å². The molecule has 8 nitrogen and oxygen atoms in total. The molecule has 1 saturated heterocycles. The summed E-state index contributed by atoms with van der Waals surface area (Å²) in [5, 5.41) is 13.9. The van der Waals surface area contributed by atoms with Crippen LogP contribution in [0.5, 0.6) is 0 Å². The van der Waals surface area contributed by atoms with Crippen LogP contribution in [0.4, 0.5) is 20.8 Å². The molecule has 3 rings (SSSR count). The first-order valence-corrected chi connectivity index (χ1v) is 9.14. The quantitative estimate of drug-likeness (QED) is 0.819. The summed E-state index contributed by atoms with van der Waals surface area (Å²) in [6.45, 7) is 3.39. The van der Waals surface area contributed by atoms with Gasteiger partial charge >= 0.3 is 6.09 Å². The van der Waals surface area contributed by atoms with Crippen molar-refractivity contribution in [1.82, 2.24) is 15.1 Å². The number of hydrogen-bond acceptors (Lipinski definition) is 6. The van der Waals surface area contributed by atoms with Crippen molar-refractivity contribution < 1.29 is 18.7 Å². The summed E-state index contributed by atoms with van der Waals surface area (Å²) in [4.78, 5) is 25.5. The molecule has 0 aliphatic carbocycles. The first-order chi connectivity index (χ1) is 13.5. The van der Waals surface area contributed by atoms with Gasteiger partial charge in [0.25, 0.3) is 5.91 Å². The van der Waals surface area contributed by atoms with Gasteiger partial charge in [0, 0.05) is 24.7 Å². The first kappa shape index (κ1) is 19.5. The van der Waals surface area contributed by atoms with Crippen molar-refractivity contribution in [1.29, 1.82) is 0 Å². The number of carbonyl (C=O) groups is 2. The van der Waals surface area contributed by atoms with E-state index in [4.69, 9.17) is 4.74 Å². The second-order valence-electron chi connectivity index (χ2n) is 6.37. The summed E-state index contributed by atoms with van der Waals surface area (Å²) in [7, 11) is 0. The summed E-state index contributed by atoms with van der Waals surface area (Å²) in [5.41, 5.74) is 0.206. The molecule has 2 heterocycles. The molecule has 0 radical (unpaired) electrons. The average Bonchev–Trinajstić information content (AvgIpc) is 2.70. The monoisotopic (exact) mass is 387 g/mol. The van der Waals surface area contributed by atoms with Crippen LogP contribution in [0.15, 0.2) is 36.4 Å². The topological polar surface area (TPSA) is 96.5 Å². The summed E-state index contributed by atoms with van der Waals surface area (Å²) >= 11 is 0. The number of halogens is 1. The number of piperidine rings is 1. The third-order valence-electron chi connectivity index (χ3n) is 4.37. The number of likely N-dealkylation sites (tertiary alicyclic amines) is 1. The van der Waals surface area contributed by atoms with E-state index < -0.39 is 11.7 Å². The molecule has 0 saturated carbocycles. The number of aromatic nitrogens is 2. The molecular formula is C19H22FN5O3. The average molecular weight is 387 g/mol. The lowest BCUT2D eigenvalue weighted by atomic mass is 10.1. The largest absolute Gasteiger partial charge is 0.450 e. The van der Waals surface area contributed by atoms with Crippen LogP contribution in [0.25, 0.3) is 0 Å². The number of amides is 2. The molecule has 148 valence electrons. The normalized spacial score (nSPS) is 14.4. The molecule has 9 heteroatoms. The minimum Gasteiger partial charge on any atom is -0.450 e. The van der Waals surface area contributed by atoms with Crippen LogP contribution >= 0.6 is 0 Å². The molecule has 1 aromatic heterocycles. The molecule has 0 atom stereocenters. The van der Waals surface area contributed by atoms with Crippen molar-refractivity contribution >= 4 is 23.6 Å². The van der Waals surface area contributed by atoms with Gasteiger partial charge in [0.15, 0.2) is 5.82 Å². The van der Waals surface area contributed by atoms with Crippen LogP contribution in [0.2, 0.25) is 0 Å². The molecule has 1 fully saturated rings. The second kappa shape index (κ2) is 9.12. The molecule has 2 amide bonds. The fourth-order valence-corrected chi connectivity index (χ4v) is 2.92. The molecule has 2 aromatic rings. The maximum Gasteiger partial charge on any atom is 0.409 e. The highest BCUT2D eigenvalue weighted by Gasteiger charge is 2.23. The predicted molar refractivity (Wildman–Crippen MR) is 102 cm³/mol. The van der Waals surface area contributed by atoms with Crippen molar-refractivity contribution in [2.45, 2.75) is 25.8 Å². The number of anilines is 2. The Bertz CT molecular complexity index is 823. The Labute approximate surface area is 162 Å². The van der Waals surface area contributed by atoms with E-state index in [2.05, 4.69) is 20.8 Å².